The molecule has 0 aromatic rings. The van der Waals surface area contributed by atoms with Gasteiger partial charge in [-0.2, -0.15) is 0 Å². The largest absolute Gasteiger partial charge is 0.382 e. The van der Waals surface area contributed by atoms with E-state index in [1.54, 1.807) is 0 Å². The second-order valence-corrected chi connectivity index (χ2v) is 2.85. The zero-order valence-corrected chi connectivity index (χ0v) is 6.81. The number of amides is 2. The van der Waals surface area contributed by atoms with E-state index in [1.165, 1.54) is 4.90 Å². The van der Waals surface area contributed by atoms with Crippen molar-refractivity contribution in [1.82, 2.24) is 4.90 Å². The Labute approximate surface area is 74.3 Å². The summed E-state index contributed by atoms with van der Waals surface area (Å²) < 4.78 is 12.3. The van der Waals surface area contributed by atoms with Gasteiger partial charge in [-0.15, -0.1) is 0 Å². The molecule has 1 saturated heterocycles. The second kappa shape index (κ2) is 3.69. The normalized spacial score (nSPS) is 19.4. The molecule has 5 nitrogen and oxygen atoms in total. The highest BCUT2D eigenvalue weighted by atomic mass is 19.1. The topological polar surface area (TPSA) is 83.6 Å². The summed E-state index contributed by atoms with van der Waals surface area (Å²) in [6, 6.07) is 0. The van der Waals surface area contributed by atoms with Gasteiger partial charge >= 0.3 is 0 Å². The molecular weight excluding hydrogens is 179 g/mol. The summed E-state index contributed by atoms with van der Waals surface area (Å²) in [6.07, 6.45) is -1.82. The number of nitrogens with zero attached hydrogens (tertiary/aromatic N) is 1. The van der Waals surface area contributed by atoms with Crippen LogP contribution >= 0.6 is 0 Å². The van der Waals surface area contributed by atoms with Crippen LogP contribution in [0.3, 0.4) is 0 Å². The van der Waals surface area contributed by atoms with Gasteiger partial charge in [-0.05, 0) is 0 Å². The van der Waals surface area contributed by atoms with E-state index in [0.717, 1.165) is 6.42 Å². The molecule has 2 amide bonds. The Morgan fingerprint density at radius 2 is 2.15 bits per heavy atom. The number of rotatable bonds is 3. The molecule has 1 fully saturated rings. The lowest BCUT2D eigenvalue weighted by atomic mass is 10.1. The first-order valence-corrected chi connectivity index (χ1v) is 3.76. The van der Waals surface area contributed by atoms with Crippen molar-refractivity contribution in [1.29, 1.82) is 0 Å². The highest BCUT2D eigenvalue weighted by Crippen LogP contribution is 2.12. The molecule has 1 atom stereocenters. The SMILES string of the molecule is NC(=O)[C@H](O)[CH]C(=O)N1CC(F)C1. The molecule has 6 heteroatoms. The van der Waals surface area contributed by atoms with Crippen LogP contribution < -0.4 is 5.73 Å². The molecule has 0 aliphatic carbocycles. The van der Waals surface area contributed by atoms with Gasteiger partial charge in [-0.3, -0.25) is 9.59 Å². The first-order valence-electron chi connectivity index (χ1n) is 3.76. The van der Waals surface area contributed by atoms with Gasteiger partial charge in [0.1, 0.15) is 12.3 Å². The third-order valence-electron chi connectivity index (χ3n) is 1.74. The van der Waals surface area contributed by atoms with Crippen LogP contribution in [0.15, 0.2) is 0 Å². The summed E-state index contributed by atoms with van der Waals surface area (Å²) in [6.45, 7) is 0.0294. The van der Waals surface area contributed by atoms with Crippen LogP contribution in [0, 0.1) is 6.42 Å². The average Bonchev–Trinajstić information content (AvgIpc) is 1.98. The van der Waals surface area contributed by atoms with Crippen LogP contribution in [0.5, 0.6) is 0 Å². The summed E-state index contributed by atoms with van der Waals surface area (Å²) >= 11 is 0. The Morgan fingerprint density at radius 1 is 1.62 bits per heavy atom. The number of alkyl halides is 1. The number of primary amides is 1. The van der Waals surface area contributed by atoms with Crippen LogP contribution in [0.4, 0.5) is 4.39 Å². The van der Waals surface area contributed by atoms with Crippen molar-refractivity contribution in [3.05, 3.63) is 6.42 Å². The number of nitrogens with two attached hydrogens (primary N) is 1. The summed E-state index contributed by atoms with van der Waals surface area (Å²) in [5, 5.41) is 8.86. The monoisotopic (exact) mass is 189 g/mol. The third kappa shape index (κ3) is 2.38. The predicted molar refractivity (Wildman–Crippen MR) is 41.0 cm³/mol. The molecule has 1 rings (SSSR count). The van der Waals surface area contributed by atoms with Crippen LogP contribution in [0.2, 0.25) is 0 Å². The van der Waals surface area contributed by atoms with Crippen molar-refractivity contribution in [2.45, 2.75) is 12.3 Å². The summed E-state index contributed by atoms with van der Waals surface area (Å²) in [5.41, 5.74) is 4.71. The van der Waals surface area contributed by atoms with Gasteiger partial charge in [0.05, 0.1) is 19.5 Å². The summed E-state index contributed by atoms with van der Waals surface area (Å²) in [4.78, 5) is 22.5. The smallest absolute Gasteiger partial charge is 0.247 e. The van der Waals surface area contributed by atoms with Gasteiger partial charge in [-0.25, -0.2) is 4.39 Å². The zero-order valence-electron chi connectivity index (χ0n) is 6.81. The molecule has 1 aliphatic heterocycles. The molecule has 3 N–H and O–H groups in total. The van der Waals surface area contributed by atoms with Crippen molar-refractivity contribution < 1.29 is 19.1 Å². The summed E-state index contributed by atoms with van der Waals surface area (Å²) in [5.74, 6) is -1.56. The van der Waals surface area contributed by atoms with Crippen molar-refractivity contribution in [2.75, 3.05) is 13.1 Å². The first-order chi connectivity index (χ1) is 6.00. The lowest BCUT2D eigenvalue weighted by molar-refractivity contribution is -0.138. The molecule has 0 bridgehead atoms. The highest BCUT2D eigenvalue weighted by molar-refractivity contribution is 5.93. The Hall–Kier alpha value is -1.17. The Bertz CT molecular complexity index is 228. The number of likely N-dealkylation sites (tertiary alicyclic amines) is 1. The van der Waals surface area contributed by atoms with E-state index in [4.69, 9.17) is 10.8 Å². The quantitative estimate of drug-likeness (QED) is 0.550. The zero-order chi connectivity index (χ0) is 10.0. The van der Waals surface area contributed by atoms with Crippen LogP contribution in [-0.2, 0) is 9.59 Å². The number of aliphatic hydroxyl groups is 1. The van der Waals surface area contributed by atoms with Crippen molar-refractivity contribution in [3.63, 3.8) is 0 Å². The fourth-order valence-corrected chi connectivity index (χ4v) is 0.927. The van der Waals surface area contributed by atoms with Gasteiger partial charge in [0.2, 0.25) is 11.8 Å². The van der Waals surface area contributed by atoms with Crippen LogP contribution in [-0.4, -0.2) is 47.2 Å². The van der Waals surface area contributed by atoms with Crippen molar-refractivity contribution in [3.8, 4) is 0 Å². The van der Waals surface area contributed by atoms with Gasteiger partial charge in [-0.1, -0.05) is 0 Å². The van der Waals surface area contributed by atoms with E-state index in [9.17, 15) is 14.0 Å². The molecule has 13 heavy (non-hydrogen) atoms. The number of hydrogen-bond donors (Lipinski definition) is 2. The van der Waals surface area contributed by atoms with E-state index < -0.39 is 24.1 Å². The molecule has 0 aromatic heterocycles. The molecule has 73 valence electrons. The maximum absolute atomic E-state index is 12.3. The van der Waals surface area contributed by atoms with Gasteiger partial charge < -0.3 is 15.7 Å². The van der Waals surface area contributed by atoms with Gasteiger partial charge in [0.15, 0.2) is 0 Å². The number of carbonyl (C=O) groups excluding carboxylic acids is 2. The number of aliphatic hydroxyl groups excluding tert-OH is 1. The molecule has 1 heterocycles. The van der Waals surface area contributed by atoms with Crippen molar-refractivity contribution in [2.24, 2.45) is 5.73 Å². The molecule has 0 spiro atoms. The number of hydrogen-bond acceptors (Lipinski definition) is 3. The standard InChI is InChI=1S/C7H10FN2O3/c8-4-2-10(3-4)6(12)1-5(11)7(9)13/h1,4-5,11H,2-3H2,(H2,9,13)/t5-/m1/s1. The number of halogens is 1. The van der Waals surface area contributed by atoms with Gasteiger partial charge in [0, 0.05) is 0 Å². The van der Waals surface area contributed by atoms with E-state index in [0.29, 0.717) is 0 Å². The highest BCUT2D eigenvalue weighted by Gasteiger charge is 2.32. The third-order valence-corrected chi connectivity index (χ3v) is 1.74. The van der Waals surface area contributed by atoms with E-state index in [1.807, 2.05) is 0 Å². The molecule has 0 saturated carbocycles. The molecule has 1 radical (unpaired) electrons. The second-order valence-electron chi connectivity index (χ2n) is 2.85. The fourth-order valence-electron chi connectivity index (χ4n) is 0.927. The molecular formula is C7H10FN2O3. The van der Waals surface area contributed by atoms with Crippen LogP contribution in [0.25, 0.3) is 0 Å². The minimum Gasteiger partial charge on any atom is -0.382 e. The average molecular weight is 189 g/mol. The van der Waals surface area contributed by atoms with Gasteiger partial charge in [0.25, 0.3) is 0 Å². The van der Waals surface area contributed by atoms with E-state index in [2.05, 4.69) is 0 Å². The Kier molecular flexibility index (Phi) is 2.82. The molecule has 0 aromatic carbocycles. The maximum Gasteiger partial charge on any atom is 0.247 e. The molecule has 1 aliphatic rings. The lowest BCUT2D eigenvalue weighted by Crippen LogP contribution is -2.52. The molecule has 0 unspecified atom stereocenters. The van der Waals surface area contributed by atoms with Crippen molar-refractivity contribution >= 4 is 11.8 Å². The minimum atomic E-state index is -1.59. The van der Waals surface area contributed by atoms with Crippen LogP contribution in [0.1, 0.15) is 0 Å². The Morgan fingerprint density at radius 3 is 2.54 bits per heavy atom. The maximum atomic E-state index is 12.3. The van der Waals surface area contributed by atoms with E-state index in [-0.39, 0.29) is 13.1 Å². The lowest BCUT2D eigenvalue weighted by Gasteiger charge is -2.34. The Balaban J connectivity index is 2.29. The summed E-state index contributed by atoms with van der Waals surface area (Å²) in [7, 11) is 0. The van der Waals surface area contributed by atoms with E-state index >= 15 is 0 Å². The predicted octanol–water partition coefficient (Wildman–Crippen LogP) is -1.78. The minimum absolute atomic E-state index is 0.0147. The number of carbonyl (C=O) groups is 2. The fraction of sp³-hybridized carbons (Fsp3) is 0.571. The first kappa shape index (κ1) is 9.91.